The molecule has 0 aliphatic heterocycles. The Kier molecular flexibility index (Phi) is 5.42. The van der Waals surface area contributed by atoms with Crippen molar-refractivity contribution in [3.05, 3.63) is 36.1 Å². The Morgan fingerprint density at radius 2 is 1.84 bits per heavy atom. The van der Waals surface area contributed by atoms with Gasteiger partial charge in [0.2, 0.25) is 21.8 Å². The Bertz CT molecular complexity index is 891. The van der Waals surface area contributed by atoms with Crippen LogP contribution < -0.4 is 14.9 Å². The highest BCUT2D eigenvalue weighted by Gasteiger charge is 2.23. The summed E-state index contributed by atoms with van der Waals surface area (Å²) < 4.78 is 29.6. The lowest BCUT2D eigenvalue weighted by atomic mass is 10.2. The molecule has 9 nitrogen and oxygen atoms in total. The molecule has 0 saturated carbocycles. The summed E-state index contributed by atoms with van der Waals surface area (Å²) in [4.78, 5) is 23.3. The van der Waals surface area contributed by atoms with Crippen molar-refractivity contribution in [1.29, 1.82) is 0 Å². The maximum atomic E-state index is 12.2. The Morgan fingerprint density at radius 1 is 1.20 bits per heavy atom. The third-order valence-corrected chi connectivity index (χ3v) is 4.14. The van der Waals surface area contributed by atoms with E-state index in [1.165, 1.54) is 13.0 Å². The maximum absolute atomic E-state index is 12.2. The smallest absolute Gasteiger partial charge is 0.245 e. The summed E-state index contributed by atoms with van der Waals surface area (Å²) in [6.07, 6.45) is 0.974. The second-order valence-electron chi connectivity index (χ2n) is 5.38. The van der Waals surface area contributed by atoms with Crippen LogP contribution >= 0.6 is 0 Å². The van der Waals surface area contributed by atoms with Crippen LogP contribution in [0.15, 0.2) is 34.9 Å². The Hall–Kier alpha value is -2.88. The number of hydrogen-bond acceptors (Lipinski definition) is 6. The highest BCUT2D eigenvalue weighted by molar-refractivity contribution is 7.92. The maximum Gasteiger partial charge on any atom is 0.245 e. The third-order valence-electron chi connectivity index (χ3n) is 3.03. The fraction of sp³-hybridized carbons (Fsp3) is 0.267. The molecule has 2 amide bonds. The zero-order valence-corrected chi connectivity index (χ0v) is 14.8. The van der Waals surface area contributed by atoms with Crippen LogP contribution in [0.3, 0.4) is 0 Å². The van der Waals surface area contributed by atoms with Gasteiger partial charge in [-0.15, -0.1) is 0 Å². The van der Waals surface area contributed by atoms with Crippen molar-refractivity contribution in [3.63, 3.8) is 0 Å². The van der Waals surface area contributed by atoms with E-state index in [2.05, 4.69) is 15.8 Å². The Labute approximate surface area is 145 Å². The first-order chi connectivity index (χ1) is 11.6. The van der Waals surface area contributed by atoms with Gasteiger partial charge in [-0.05, 0) is 25.1 Å². The van der Waals surface area contributed by atoms with Gasteiger partial charge >= 0.3 is 0 Å². The monoisotopic (exact) mass is 366 g/mol. The number of amides is 2. The second-order valence-corrected chi connectivity index (χ2v) is 7.28. The molecular formula is C15H18N4O5S. The molecule has 2 N–H and O–H groups in total. The zero-order valence-electron chi connectivity index (χ0n) is 13.9. The van der Waals surface area contributed by atoms with Gasteiger partial charge in [0.25, 0.3) is 0 Å². The summed E-state index contributed by atoms with van der Waals surface area (Å²) >= 11 is 0. The number of benzene rings is 1. The second kappa shape index (κ2) is 7.34. The molecule has 0 aliphatic rings. The first-order valence-corrected chi connectivity index (χ1v) is 9.08. The van der Waals surface area contributed by atoms with Crippen molar-refractivity contribution in [1.82, 2.24) is 5.16 Å². The number of aromatic nitrogens is 1. The molecule has 0 radical (unpaired) electrons. The number of carbonyl (C=O) groups is 2. The number of sulfonamides is 1. The topological polar surface area (TPSA) is 122 Å². The van der Waals surface area contributed by atoms with E-state index in [1.54, 1.807) is 31.2 Å². The van der Waals surface area contributed by atoms with E-state index in [0.29, 0.717) is 17.1 Å². The van der Waals surface area contributed by atoms with Gasteiger partial charge in [0.1, 0.15) is 12.3 Å². The Balaban J connectivity index is 2.13. The summed E-state index contributed by atoms with van der Waals surface area (Å²) in [7, 11) is -3.72. The molecule has 25 heavy (non-hydrogen) atoms. The van der Waals surface area contributed by atoms with Gasteiger partial charge in [0, 0.05) is 24.4 Å². The predicted molar refractivity (Wildman–Crippen MR) is 92.8 cm³/mol. The van der Waals surface area contributed by atoms with Crippen LogP contribution in [0, 0.1) is 6.92 Å². The molecule has 0 bridgehead atoms. The minimum atomic E-state index is -3.72. The Morgan fingerprint density at radius 3 is 2.36 bits per heavy atom. The molecule has 2 rings (SSSR count). The van der Waals surface area contributed by atoms with Crippen molar-refractivity contribution in [3.8, 4) is 0 Å². The van der Waals surface area contributed by atoms with Crippen LogP contribution in [-0.4, -0.2) is 38.2 Å². The van der Waals surface area contributed by atoms with Crippen LogP contribution in [0.25, 0.3) is 0 Å². The number of carbonyl (C=O) groups excluding carboxylic acids is 2. The fourth-order valence-electron chi connectivity index (χ4n) is 2.05. The van der Waals surface area contributed by atoms with Gasteiger partial charge in [0.05, 0.1) is 6.26 Å². The number of rotatable bonds is 6. The normalized spacial score (nSPS) is 11.0. The zero-order chi connectivity index (χ0) is 18.6. The van der Waals surface area contributed by atoms with Crippen LogP contribution in [-0.2, 0) is 19.6 Å². The van der Waals surface area contributed by atoms with Crippen LogP contribution in [0.5, 0.6) is 0 Å². The van der Waals surface area contributed by atoms with Gasteiger partial charge in [-0.25, -0.2) is 12.7 Å². The van der Waals surface area contributed by atoms with Crippen molar-refractivity contribution in [2.24, 2.45) is 0 Å². The number of nitrogens with one attached hydrogen (secondary N) is 2. The average Bonchev–Trinajstić information content (AvgIpc) is 2.89. The molecule has 134 valence electrons. The van der Waals surface area contributed by atoms with Gasteiger partial charge in [-0.1, -0.05) is 11.2 Å². The van der Waals surface area contributed by atoms with Crippen LogP contribution in [0.2, 0.25) is 0 Å². The lowest BCUT2D eigenvalue weighted by Gasteiger charge is -2.18. The highest BCUT2D eigenvalue weighted by atomic mass is 32.2. The summed E-state index contributed by atoms with van der Waals surface area (Å²) in [5.41, 5.74) is 0.929. The van der Waals surface area contributed by atoms with E-state index >= 15 is 0 Å². The number of aryl methyl sites for hydroxylation is 1. The molecule has 1 aromatic carbocycles. The molecule has 0 fully saturated rings. The molecule has 0 atom stereocenters. The van der Waals surface area contributed by atoms with Gasteiger partial charge in [-0.2, -0.15) is 0 Å². The summed E-state index contributed by atoms with van der Waals surface area (Å²) in [6, 6.07) is 7.92. The lowest BCUT2D eigenvalue weighted by molar-refractivity contribution is -0.115. The van der Waals surface area contributed by atoms with Crippen LogP contribution in [0.4, 0.5) is 17.2 Å². The fourth-order valence-corrected chi connectivity index (χ4v) is 2.83. The molecule has 0 saturated heterocycles. The molecule has 0 aliphatic carbocycles. The van der Waals surface area contributed by atoms with Crippen molar-refractivity contribution in [2.75, 3.05) is 27.7 Å². The minimum Gasteiger partial charge on any atom is -0.360 e. The SMILES string of the molecule is CC(=O)Nc1cccc(NC(=O)CN(c2cc(C)on2)S(C)(=O)=O)c1. The largest absolute Gasteiger partial charge is 0.360 e. The van der Waals surface area contributed by atoms with E-state index < -0.39 is 22.5 Å². The van der Waals surface area contributed by atoms with E-state index in [-0.39, 0.29) is 11.7 Å². The quantitative estimate of drug-likeness (QED) is 0.796. The third kappa shape index (κ3) is 5.31. The molecule has 1 aromatic heterocycles. The number of hydrogen-bond donors (Lipinski definition) is 2. The van der Waals surface area contributed by atoms with Gasteiger partial charge < -0.3 is 15.2 Å². The van der Waals surface area contributed by atoms with Crippen molar-refractivity contribution < 1.29 is 22.5 Å². The van der Waals surface area contributed by atoms with E-state index in [9.17, 15) is 18.0 Å². The van der Waals surface area contributed by atoms with E-state index in [0.717, 1.165) is 10.6 Å². The molecule has 10 heteroatoms. The standard InChI is InChI=1S/C15H18N4O5S/c1-10-7-14(18-24-10)19(25(3,22)23)9-15(21)17-13-6-4-5-12(8-13)16-11(2)20/h4-8H,9H2,1-3H3,(H,16,20)(H,17,21). The first kappa shape index (κ1) is 18.5. The van der Waals surface area contributed by atoms with Crippen LogP contribution in [0.1, 0.15) is 12.7 Å². The first-order valence-electron chi connectivity index (χ1n) is 7.23. The summed E-state index contributed by atoms with van der Waals surface area (Å²) in [5, 5.41) is 8.81. The molecular weight excluding hydrogens is 348 g/mol. The summed E-state index contributed by atoms with van der Waals surface area (Å²) in [6.45, 7) is 2.52. The highest BCUT2D eigenvalue weighted by Crippen LogP contribution is 2.18. The molecule has 0 unspecified atom stereocenters. The van der Waals surface area contributed by atoms with E-state index in [4.69, 9.17) is 4.52 Å². The minimum absolute atomic E-state index is 0.0298. The van der Waals surface area contributed by atoms with Gasteiger partial charge in [-0.3, -0.25) is 9.59 Å². The predicted octanol–water partition coefficient (Wildman–Crippen LogP) is 1.35. The molecule has 2 aromatic rings. The molecule has 0 spiro atoms. The van der Waals surface area contributed by atoms with Crippen molar-refractivity contribution in [2.45, 2.75) is 13.8 Å². The molecule has 1 heterocycles. The van der Waals surface area contributed by atoms with Gasteiger partial charge in [0.15, 0.2) is 5.82 Å². The number of nitrogens with zero attached hydrogens (tertiary/aromatic N) is 2. The van der Waals surface area contributed by atoms with Crippen molar-refractivity contribution >= 4 is 39.0 Å². The number of anilines is 3. The van der Waals surface area contributed by atoms with E-state index in [1.807, 2.05) is 0 Å². The summed E-state index contributed by atoms with van der Waals surface area (Å²) in [5.74, 6) is -0.353. The lowest BCUT2D eigenvalue weighted by Crippen LogP contribution is -2.37. The average molecular weight is 366 g/mol.